The molecule has 1 aromatic heterocycles. The zero-order chi connectivity index (χ0) is 20.1. The largest absolute Gasteiger partial charge is 0.444 e. The van der Waals surface area contributed by atoms with E-state index < -0.39 is 11.7 Å². The Kier molecular flexibility index (Phi) is 5.64. The molecule has 0 saturated carbocycles. The highest BCUT2D eigenvalue weighted by atomic mass is 16.6. The molecule has 144 valence electrons. The van der Waals surface area contributed by atoms with Crippen LogP contribution in [0.2, 0.25) is 0 Å². The van der Waals surface area contributed by atoms with Gasteiger partial charge in [-0.2, -0.15) is 0 Å². The molecule has 1 heterocycles. The lowest BCUT2D eigenvalue weighted by Gasteiger charge is -2.19. The summed E-state index contributed by atoms with van der Waals surface area (Å²) < 4.78 is 5.26. The van der Waals surface area contributed by atoms with Gasteiger partial charge in [0.2, 0.25) is 0 Å². The van der Waals surface area contributed by atoms with Crippen LogP contribution in [0.1, 0.15) is 26.3 Å². The Bertz CT molecular complexity index is 946. The van der Waals surface area contributed by atoms with Gasteiger partial charge in [-0.1, -0.05) is 54.6 Å². The van der Waals surface area contributed by atoms with Crippen molar-refractivity contribution in [3.05, 3.63) is 72.4 Å². The molecule has 0 radical (unpaired) electrons. The van der Waals surface area contributed by atoms with Gasteiger partial charge in [0.1, 0.15) is 5.60 Å². The van der Waals surface area contributed by atoms with Gasteiger partial charge in [-0.25, -0.2) is 4.79 Å². The number of rotatable bonds is 4. The number of alkyl carbamates (subject to hydrolysis) is 1. The predicted octanol–water partition coefficient (Wildman–Crippen LogP) is 5.02. The van der Waals surface area contributed by atoms with Gasteiger partial charge >= 0.3 is 6.09 Å². The fourth-order valence-corrected chi connectivity index (χ4v) is 2.82. The van der Waals surface area contributed by atoms with Crippen LogP contribution in [0, 0.1) is 0 Å². The Morgan fingerprint density at radius 3 is 2.36 bits per heavy atom. The number of ether oxygens (including phenoxy) is 1. The number of nitrogens with two attached hydrogens (primary N) is 1. The lowest BCUT2D eigenvalue weighted by Crippen LogP contribution is -2.32. The molecule has 0 aliphatic carbocycles. The van der Waals surface area contributed by atoms with E-state index in [1.807, 2.05) is 81.4 Å². The first kappa shape index (κ1) is 19.4. The quantitative estimate of drug-likeness (QED) is 0.671. The molecule has 0 spiro atoms. The lowest BCUT2D eigenvalue weighted by atomic mass is 9.98. The van der Waals surface area contributed by atoms with Crippen molar-refractivity contribution in [2.75, 3.05) is 5.73 Å². The summed E-state index contributed by atoms with van der Waals surface area (Å²) in [5.74, 6) is 0. The highest BCUT2D eigenvalue weighted by molar-refractivity contribution is 5.82. The van der Waals surface area contributed by atoms with Crippen molar-refractivity contribution >= 4 is 11.8 Å². The maximum absolute atomic E-state index is 11.8. The number of nitrogen functional groups attached to an aromatic ring is 1. The minimum atomic E-state index is -0.511. The Labute approximate surface area is 165 Å². The van der Waals surface area contributed by atoms with Crippen molar-refractivity contribution in [1.29, 1.82) is 0 Å². The first-order valence-electron chi connectivity index (χ1n) is 9.19. The summed E-state index contributed by atoms with van der Waals surface area (Å²) >= 11 is 0. The second-order valence-electron chi connectivity index (χ2n) is 7.58. The molecule has 5 nitrogen and oxygen atoms in total. The normalized spacial score (nSPS) is 11.1. The van der Waals surface area contributed by atoms with Crippen molar-refractivity contribution in [3.8, 4) is 22.4 Å². The van der Waals surface area contributed by atoms with Crippen molar-refractivity contribution in [2.24, 2.45) is 0 Å². The number of pyridine rings is 1. The molecule has 0 aliphatic heterocycles. The Hall–Kier alpha value is -3.34. The number of hydrogen-bond donors (Lipinski definition) is 2. The summed E-state index contributed by atoms with van der Waals surface area (Å²) in [6.45, 7) is 5.91. The van der Waals surface area contributed by atoms with Crippen LogP contribution >= 0.6 is 0 Å². The molecule has 0 saturated heterocycles. The van der Waals surface area contributed by atoms with Crippen LogP contribution in [0.15, 0.2) is 66.9 Å². The molecule has 3 rings (SSSR count). The number of aromatic nitrogens is 1. The average molecular weight is 375 g/mol. The molecule has 0 fully saturated rings. The minimum Gasteiger partial charge on any atom is -0.444 e. The SMILES string of the molecule is CC(C)(C)OC(=O)NCc1ccc(-c2ncc(N)cc2-c2ccccc2)cc1. The van der Waals surface area contributed by atoms with Crippen LogP contribution in [0.5, 0.6) is 0 Å². The van der Waals surface area contributed by atoms with Crippen LogP contribution in [-0.2, 0) is 11.3 Å². The molecule has 1 amide bonds. The Balaban J connectivity index is 1.78. The maximum Gasteiger partial charge on any atom is 0.407 e. The van der Waals surface area contributed by atoms with Crippen LogP contribution in [0.3, 0.4) is 0 Å². The molecule has 0 unspecified atom stereocenters. The smallest absolute Gasteiger partial charge is 0.407 e. The lowest BCUT2D eigenvalue weighted by molar-refractivity contribution is 0.0523. The summed E-state index contributed by atoms with van der Waals surface area (Å²) in [6.07, 6.45) is 1.24. The molecule has 2 aromatic carbocycles. The number of carbonyl (C=O) groups excluding carboxylic acids is 1. The monoisotopic (exact) mass is 375 g/mol. The molecule has 3 N–H and O–H groups in total. The molecular weight excluding hydrogens is 350 g/mol. The number of amides is 1. The van der Waals surface area contributed by atoms with Crippen LogP contribution in [0.4, 0.5) is 10.5 Å². The van der Waals surface area contributed by atoms with Crippen molar-refractivity contribution in [2.45, 2.75) is 32.9 Å². The van der Waals surface area contributed by atoms with Crippen molar-refractivity contribution in [3.63, 3.8) is 0 Å². The number of benzene rings is 2. The van der Waals surface area contributed by atoms with E-state index in [9.17, 15) is 4.79 Å². The second-order valence-corrected chi connectivity index (χ2v) is 7.58. The van der Waals surface area contributed by atoms with E-state index in [4.69, 9.17) is 10.5 Å². The van der Waals surface area contributed by atoms with Crippen molar-refractivity contribution in [1.82, 2.24) is 10.3 Å². The van der Waals surface area contributed by atoms with Gasteiger partial charge in [0.15, 0.2) is 0 Å². The number of hydrogen-bond acceptors (Lipinski definition) is 4. The predicted molar refractivity (Wildman–Crippen MR) is 113 cm³/mol. The zero-order valence-electron chi connectivity index (χ0n) is 16.4. The molecule has 0 aliphatic rings. The van der Waals surface area contributed by atoms with Gasteiger partial charge < -0.3 is 15.8 Å². The van der Waals surface area contributed by atoms with Gasteiger partial charge in [-0.15, -0.1) is 0 Å². The van der Waals surface area contributed by atoms with Crippen LogP contribution < -0.4 is 11.1 Å². The van der Waals surface area contributed by atoms with E-state index in [0.717, 1.165) is 27.9 Å². The number of nitrogens with zero attached hydrogens (tertiary/aromatic N) is 1. The van der Waals surface area contributed by atoms with E-state index in [1.165, 1.54) is 0 Å². The summed E-state index contributed by atoms with van der Waals surface area (Å²) in [5, 5.41) is 2.77. The van der Waals surface area contributed by atoms with Crippen LogP contribution in [0.25, 0.3) is 22.4 Å². The average Bonchev–Trinajstić information content (AvgIpc) is 2.66. The van der Waals surface area contributed by atoms with E-state index in [2.05, 4.69) is 10.3 Å². The fraction of sp³-hybridized carbons (Fsp3) is 0.217. The van der Waals surface area contributed by atoms with E-state index >= 15 is 0 Å². The number of carbonyl (C=O) groups is 1. The number of nitrogens with one attached hydrogen (secondary N) is 1. The standard InChI is InChI=1S/C23H25N3O2/c1-23(2,3)28-22(27)26-14-16-9-11-18(12-10-16)21-20(13-19(24)15-25-21)17-7-5-4-6-8-17/h4-13,15H,14,24H2,1-3H3,(H,26,27). The third-order valence-electron chi connectivity index (χ3n) is 4.06. The third kappa shape index (κ3) is 5.10. The summed E-state index contributed by atoms with van der Waals surface area (Å²) in [5.41, 5.74) is 11.0. The highest BCUT2D eigenvalue weighted by Crippen LogP contribution is 2.31. The highest BCUT2D eigenvalue weighted by Gasteiger charge is 2.15. The van der Waals surface area contributed by atoms with Gasteiger partial charge in [0.05, 0.1) is 17.6 Å². The second kappa shape index (κ2) is 8.13. The van der Waals surface area contributed by atoms with Gasteiger partial charge in [0.25, 0.3) is 0 Å². The topological polar surface area (TPSA) is 77.2 Å². The van der Waals surface area contributed by atoms with Crippen molar-refractivity contribution < 1.29 is 9.53 Å². The number of anilines is 1. The van der Waals surface area contributed by atoms with Crippen LogP contribution in [-0.4, -0.2) is 16.7 Å². The van der Waals surface area contributed by atoms with E-state index in [1.54, 1.807) is 6.20 Å². The van der Waals surface area contributed by atoms with E-state index in [0.29, 0.717) is 12.2 Å². The summed E-state index contributed by atoms with van der Waals surface area (Å²) in [4.78, 5) is 16.4. The summed E-state index contributed by atoms with van der Waals surface area (Å²) in [6, 6.07) is 19.9. The maximum atomic E-state index is 11.8. The minimum absolute atomic E-state index is 0.399. The summed E-state index contributed by atoms with van der Waals surface area (Å²) in [7, 11) is 0. The fourth-order valence-electron chi connectivity index (χ4n) is 2.82. The molecule has 0 atom stereocenters. The molecule has 28 heavy (non-hydrogen) atoms. The first-order chi connectivity index (χ1) is 13.3. The van der Waals surface area contributed by atoms with Gasteiger partial charge in [-0.3, -0.25) is 4.98 Å². The first-order valence-corrected chi connectivity index (χ1v) is 9.19. The molecule has 3 aromatic rings. The molecule has 0 bridgehead atoms. The van der Waals surface area contributed by atoms with Gasteiger partial charge in [-0.05, 0) is 38.0 Å². The zero-order valence-corrected chi connectivity index (χ0v) is 16.4. The van der Waals surface area contributed by atoms with Gasteiger partial charge in [0, 0.05) is 17.7 Å². The molecule has 5 heteroatoms. The third-order valence-corrected chi connectivity index (χ3v) is 4.06. The Morgan fingerprint density at radius 2 is 1.71 bits per heavy atom. The van der Waals surface area contributed by atoms with E-state index in [-0.39, 0.29) is 0 Å². The molecular formula is C23H25N3O2. The Morgan fingerprint density at radius 1 is 1.04 bits per heavy atom.